The molecular formula is C28H48O. The second kappa shape index (κ2) is 7.99. The molecule has 0 radical (unpaired) electrons. The van der Waals surface area contributed by atoms with Crippen LogP contribution in [-0.4, -0.2) is 11.2 Å². The van der Waals surface area contributed by atoms with Gasteiger partial charge in [-0.3, -0.25) is 0 Å². The molecule has 0 aliphatic heterocycles. The van der Waals surface area contributed by atoms with Crippen molar-refractivity contribution in [2.75, 3.05) is 0 Å². The molecule has 0 bridgehead atoms. The average molecular weight is 401 g/mol. The summed E-state index contributed by atoms with van der Waals surface area (Å²) in [4.78, 5) is 0. The molecule has 166 valence electrons. The van der Waals surface area contributed by atoms with Gasteiger partial charge in [-0.15, -0.1) is 0 Å². The van der Waals surface area contributed by atoms with Crippen LogP contribution >= 0.6 is 0 Å². The van der Waals surface area contributed by atoms with Crippen molar-refractivity contribution >= 4 is 0 Å². The van der Waals surface area contributed by atoms with E-state index in [0.29, 0.717) is 10.8 Å². The van der Waals surface area contributed by atoms with Crippen LogP contribution < -0.4 is 0 Å². The molecule has 0 spiro atoms. The highest BCUT2D eigenvalue weighted by Crippen LogP contribution is 2.68. The summed E-state index contributed by atoms with van der Waals surface area (Å²) < 4.78 is 0. The van der Waals surface area contributed by atoms with Crippen LogP contribution in [0.1, 0.15) is 105 Å². The van der Waals surface area contributed by atoms with Crippen LogP contribution in [0.4, 0.5) is 0 Å². The molecule has 4 saturated carbocycles. The molecule has 0 heterocycles. The van der Waals surface area contributed by atoms with Crippen molar-refractivity contribution in [3.05, 3.63) is 12.2 Å². The largest absolute Gasteiger partial charge is 0.393 e. The van der Waals surface area contributed by atoms with Crippen molar-refractivity contribution in [2.45, 2.75) is 111 Å². The van der Waals surface area contributed by atoms with Gasteiger partial charge in [-0.1, -0.05) is 46.8 Å². The molecule has 4 aliphatic rings. The van der Waals surface area contributed by atoms with Crippen LogP contribution in [0.2, 0.25) is 0 Å². The van der Waals surface area contributed by atoms with Crippen LogP contribution in [0, 0.1) is 52.3 Å². The van der Waals surface area contributed by atoms with Crippen molar-refractivity contribution in [3.8, 4) is 0 Å². The highest BCUT2D eigenvalue weighted by atomic mass is 16.3. The van der Waals surface area contributed by atoms with Gasteiger partial charge in [0, 0.05) is 0 Å². The highest BCUT2D eigenvalue weighted by molar-refractivity contribution is 5.16. The number of hydrogen-bond donors (Lipinski definition) is 1. The molecule has 0 aromatic heterocycles. The lowest BCUT2D eigenvalue weighted by atomic mass is 9.44. The third kappa shape index (κ3) is 3.66. The second-order valence-electron chi connectivity index (χ2n) is 12.7. The molecule has 0 aromatic carbocycles. The number of hydrogen-bond acceptors (Lipinski definition) is 1. The standard InChI is InChI=1S/C28H48O/c1-18(2)19(3)7-8-20(4)24-11-12-25-23-10-9-21-17-22(29)13-15-27(21,5)26(23)14-16-28(24,25)6/h18-19,21-26,29H,4,7-17H2,1-3,5-6H3. The average Bonchev–Trinajstić information content (AvgIpc) is 3.03. The normalized spacial score (nSPS) is 48.0. The number of allylic oxidation sites excluding steroid dienone is 1. The van der Waals surface area contributed by atoms with Crippen LogP contribution in [0.15, 0.2) is 12.2 Å². The van der Waals surface area contributed by atoms with Gasteiger partial charge in [-0.05, 0) is 123 Å². The van der Waals surface area contributed by atoms with E-state index in [9.17, 15) is 5.11 Å². The predicted octanol–water partition coefficient (Wildman–Crippen LogP) is 7.63. The van der Waals surface area contributed by atoms with Crippen molar-refractivity contribution in [1.82, 2.24) is 0 Å². The summed E-state index contributed by atoms with van der Waals surface area (Å²) in [5.41, 5.74) is 2.60. The molecule has 1 nitrogen and oxygen atoms in total. The zero-order valence-corrected chi connectivity index (χ0v) is 20.1. The maximum atomic E-state index is 10.3. The number of rotatable bonds is 5. The van der Waals surface area contributed by atoms with Gasteiger partial charge in [-0.25, -0.2) is 0 Å². The van der Waals surface area contributed by atoms with Crippen LogP contribution in [0.25, 0.3) is 0 Å². The maximum Gasteiger partial charge on any atom is 0.0543 e. The second-order valence-corrected chi connectivity index (χ2v) is 12.7. The van der Waals surface area contributed by atoms with E-state index in [1.807, 2.05) is 0 Å². The molecule has 4 rings (SSSR count). The lowest BCUT2D eigenvalue weighted by Crippen LogP contribution is -2.54. The van der Waals surface area contributed by atoms with E-state index in [1.165, 1.54) is 57.8 Å². The Morgan fingerprint density at radius 1 is 0.931 bits per heavy atom. The Labute approximate surface area is 181 Å². The molecule has 0 saturated heterocycles. The first-order valence-electron chi connectivity index (χ1n) is 13.0. The van der Waals surface area contributed by atoms with Gasteiger partial charge < -0.3 is 5.11 Å². The lowest BCUT2D eigenvalue weighted by molar-refractivity contribution is -0.124. The first-order valence-corrected chi connectivity index (χ1v) is 13.0. The van der Waals surface area contributed by atoms with E-state index in [2.05, 4.69) is 41.2 Å². The zero-order chi connectivity index (χ0) is 21.0. The van der Waals surface area contributed by atoms with Gasteiger partial charge in [0.1, 0.15) is 0 Å². The summed E-state index contributed by atoms with van der Waals surface area (Å²) in [5.74, 6) is 5.93. The maximum absolute atomic E-state index is 10.3. The summed E-state index contributed by atoms with van der Waals surface area (Å²) in [6.07, 6.45) is 14.5. The molecule has 0 amide bonds. The van der Waals surface area contributed by atoms with Gasteiger partial charge in [0.2, 0.25) is 0 Å². The zero-order valence-electron chi connectivity index (χ0n) is 20.1. The van der Waals surface area contributed by atoms with E-state index in [1.54, 1.807) is 5.57 Å². The molecule has 29 heavy (non-hydrogen) atoms. The van der Waals surface area contributed by atoms with E-state index >= 15 is 0 Å². The number of fused-ring (bicyclic) bond motifs is 5. The molecule has 9 atom stereocenters. The Hall–Kier alpha value is -0.300. The Kier molecular flexibility index (Phi) is 6.04. The molecule has 0 aromatic rings. The molecular weight excluding hydrogens is 352 g/mol. The van der Waals surface area contributed by atoms with Gasteiger partial charge in [-0.2, -0.15) is 0 Å². The third-order valence-corrected chi connectivity index (χ3v) is 11.2. The quantitative estimate of drug-likeness (QED) is 0.470. The Morgan fingerprint density at radius 3 is 2.34 bits per heavy atom. The molecule has 1 heteroatoms. The number of aliphatic hydroxyl groups is 1. The Morgan fingerprint density at radius 2 is 1.62 bits per heavy atom. The Balaban J connectivity index is 1.47. The molecule has 9 unspecified atom stereocenters. The minimum atomic E-state index is -0.0223. The van der Waals surface area contributed by atoms with Crippen molar-refractivity contribution in [1.29, 1.82) is 0 Å². The van der Waals surface area contributed by atoms with Gasteiger partial charge in [0.15, 0.2) is 0 Å². The van der Waals surface area contributed by atoms with Crippen LogP contribution in [0.3, 0.4) is 0 Å². The molecule has 1 N–H and O–H groups in total. The minimum absolute atomic E-state index is 0.0223. The molecule has 4 aliphatic carbocycles. The smallest absolute Gasteiger partial charge is 0.0543 e. The summed E-state index contributed by atoms with van der Waals surface area (Å²) in [5, 5.41) is 10.3. The number of aliphatic hydroxyl groups excluding tert-OH is 1. The minimum Gasteiger partial charge on any atom is -0.393 e. The van der Waals surface area contributed by atoms with Gasteiger partial charge in [0.25, 0.3) is 0 Å². The van der Waals surface area contributed by atoms with E-state index in [-0.39, 0.29) is 6.10 Å². The molecule has 4 fully saturated rings. The summed E-state index contributed by atoms with van der Waals surface area (Å²) in [6.45, 7) is 17.1. The topological polar surface area (TPSA) is 20.2 Å². The van der Waals surface area contributed by atoms with Gasteiger partial charge >= 0.3 is 0 Å². The fraction of sp³-hybridized carbons (Fsp3) is 0.929. The lowest BCUT2D eigenvalue weighted by Gasteiger charge is -2.61. The summed E-state index contributed by atoms with van der Waals surface area (Å²) in [6, 6.07) is 0. The summed E-state index contributed by atoms with van der Waals surface area (Å²) >= 11 is 0. The predicted molar refractivity (Wildman–Crippen MR) is 124 cm³/mol. The van der Waals surface area contributed by atoms with Crippen molar-refractivity contribution < 1.29 is 5.11 Å². The van der Waals surface area contributed by atoms with E-state index in [4.69, 9.17) is 0 Å². The highest BCUT2D eigenvalue weighted by Gasteiger charge is 2.60. The summed E-state index contributed by atoms with van der Waals surface area (Å²) in [7, 11) is 0. The van der Waals surface area contributed by atoms with E-state index < -0.39 is 0 Å². The van der Waals surface area contributed by atoms with Crippen LogP contribution in [-0.2, 0) is 0 Å². The Bertz CT molecular complexity index is 607. The first-order chi connectivity index (χ1) is 13.7. The fourth-order valence-electron chi connectivity index (χ4n) is 8.83. The third-order valence-electron chi connectivity index (χ3n) is 11.2. The monoisotopic (exact) mass is 400 g/mol. The van der Waals surface area contributed by atoms with Crippen LogP contribution in [0.5, 0.6) is 0 Å². The van der Waals surface area contributed by atoms with Crippen molar-refractivity contribution in [3.63, 3.8) is 0 Å². The first kappa shape index (κ1) is 21.9. The SMILES string of the molecule is C=C(CCC(C)C(C)C)C1CCC2C3CCC4CC(O)CCC4(C)C3CCC12C. The fourth-order valence-corrected chi connectivity index (χ4v) is 8.83. The van der Waals surface area contributed by atoms with Gasteiger partial charge in [0.05, 0.1) is 6.10 Å². The van der Waals surface area contributed by atoms with E-state index in [0.717, 1.165) is 54.3 Å². The van der Waals surface area contributed by atoms with Crippen molar-refractivity contribution in [2.24, 2.45) is 52.3 Å².